The van der Waals surface area contributed by atoms with Gasteiger partial charge in [-0.1, -0.05) is 19.1 Å². The lowest BCUT2D eigenvalue weighted by Gasteiger charge is -2.09. The molecule has 1 saturated heterocycles. The molecule has 4 nitrogen and oxygen atoms in total. The lowest BCUT2D eigenvalue weighted by molar-refractivity contribution is -0.119. The predicted molar refractivity (Wildman–Crippen MR) is 84.3 cm³/mol. The summed E-state index contributed by atoms with van der Waals surface area (Å²) in [6.45, 7) is 5.11. The quantitative estimate of drug-likeness (QED) is 0.887. The van der Waals surface area contributed by atoms with E-state index < -0.39 is 0 Å². The van der Waals surface area contributed by atoms with Crippen LogP contribution in [0.4, 0.5) is 0 Å². The second kappa shape index (κ2) is 6.39. The van der Waals surface area contributed by atoms with Crippen molar-refractivity contribution < 1.29 is 4.79 Å². The number of ketones is 1. The van der Waals surface area contributed by atoms with Crippen LogP contribution in [0.3, 0.4) is 0 Å². The molecule has 3 rings (SSSR count). The van der Waals surface area contributed by atoms with Gasteiger partial charge in [0, 0.05) is 13.0 Å². The Balaban J connectivity index is 1.78. The highest BCUT2D eigenvalue weighted by atomic mass is 16.1. The van der Waals surface area contributed by atoms with E-state index in [0.29, 0.717) is 24.5 Å². The first-order valence-electron chi connectivity index (χ1n) is 7.94. The number of aromatic nitrogens is 2. The Labute approximate surface area is 125 Å². The van der Waals surface area contributed by atoms with Crippen molar-refractivity contribution in [2.45, 2.75) is 39.2 Å². The fraction of sp³-hybridized carbons (Fsp3) is 0.529. The van der Waals surface area contributed by atoms with Crippen molar-refractivity contribution in [1.82, 2.24) is 14.9 Å². The van der Waals surface area contributed by atoms with E-state index in [9.17, 15) is 4.79 Å². The fourth-order valence-electron chi connectivity index (χ4n) is 3.19. The van der Waals surface area contributed by atoms with E-state index >= 15 is 0 Å². The highest BCUT2D eigenvalue weighted by Crippen LogP contribution is 2.19. The van der Waals surface area contributed by atoms with Crippen LogP contribution in [-0.2, 0) is 17.8 Å². The number of imidazole rings is 1. The standard InChI is InChI=1S/C17H23N3O/c1-2-9-20-16-6-4-3-5-15(16)19-17(20)11-14(21)10-13-7-8-18-12-13/h3-6,13,18H,2,7-12H2,1H3. The van der Waals surface area contributed by atoms with E-state index in [-0.39, 0.29) is 0 Å². The van der Waals surface area contributed by atoms with Crippen molar-refractivity contribution in [3.05, 3.63) is 30.1 Å². The largest absolute Gasteiger partial charge is 0.328 e. The molecule has 1 aromatic heterocycles. The van der Waals surface area contributed by atoms with Crippen molar-refractivity contribution >= 4 is 16.8 Å². The van der Waals surface area contributed by atoms with Gasteiger partial charge in [-0.3, -0.25) is 4.79 Å². The van der Waals surface area contributed by atoms with E-state index in [1.54, 1.807) is 0 Å². The molecule has 1 N–H and O–H groups in total. The van der Waals surface area contributed by atoms with Gasteiger partial charge < -0.3 is 9.88 Å². The SMILES string of the molecule is CCCn1c(CC(=O)CC2CCNC2)nc2ccccc21. The van der Waals surface area contributed by atoms with E-state index in [4.69, 9.17) is 0 Å². The molecular formula is C17H23N3O. The molecule has 0 amide bonds. The number of nitrogens with zero attached hydrogens (tertiary/aromatic N) is 2. The number of hydrogen-bond acceptors (Lipinski definition) is 3. The van der Waals surface area contributed by atoms with Gasteiger partial charge in [0.1, 0.15) is 11.6 Å². The van der Waals surface area contributed by atoms with E-state index in [1.807, 2.05) is 18.2 Å². The lowest BCUT2D eigenvalue weighted by atomic mass is 10.0. The van der Waals surface area contributed by atoms with Crippen molar-refractivity contribution in [3.8, 4) is 0 Å². The number of benzene rings is 1. The van der Waals surface area contributed by atoms with Gasteiger partial charge in [0.15, 0.2) is 0 Å². The molecule has 112 valence electrons. The average molecular weight is 285 g/mol. The molecule has 1 aromatic carbocycles. The number of carbonyl (C=O) groups is 1. The Hall–Kier alpha value is -1.68. The summed E-state index contributed by atoms with van der Waals surface area (Å²) in [5.41, 5.74) is 2.14. The zero-order chi connectivity index (χ0) is 14.7. The zero-order valence-corrected chi connectivity index (χ0v) is 12.6. The third-order valence-electron chi connectivity index (χ3n) is 4.21. The fourth-order valence-corrected chi connectivity index (χ4v) is 3.19. The van der Waals surface area contributed by atoms with Gasteiger partial charge in [0.25, 0.3) is 0 Å². The number of Topliss-reactive ketones (excluding diaryl/α,β-unsaturated/α-hetero) is 1. The third kappa shape index (κ3) is 3.16. The van der Waals surface area contributed by atoms with E-state index in [1.165, 1.54) is 0 Å². The Morgan fingerprint density at radius 3 is 3.05 bits per heavy atom. The molecule has 21 heavy (non-hydrogen) atoms. The summed E-state index contributed by atoms with van der Waals surface area (Å²) >= 11 is 0. The summed E-state index contributed by atoms with van der Waals surface area (Å²) in [5, 5.41) is 3.32. The van der Waals surface area contributed by atoms with Crippen molar-refractivity contribution in [3.63, 3.8) is 0 Å². The highest BCUT2D eigenvalue weighted by molar-refractivity contribution is 5.82. The summed E-state index contributed by atoms with van der Waals surface area (Å²) in [4.78, 5) is 17.0. The molecule has 1 atom stereocenters. The number of para-hydroxylation sites is 2. The van der Waals surface area contributed by atoms with Crippen molar-refractivity contribution in [1.29, 1.82) is 0 Å². The molecule has 2 aromatic rings. The molecule has 0 radical (unpaired) electrons. The maximum absolute atomic E-state index is 12.3. The number of nitrogens with one attached hydrogen (secondary N) is 1. The Bertz CT molecular complexity index is 626. The van der Waals surface area contributed by atoms with Crippen LogP contribution in [0.2, 0.25) is 0 Å². The molecular weight excluding hydrogens is 262 g/mol. The maximum Gasteiger partial charge on any atom is 0.140 e. The predicted octanol–water partition coefficient (Wildman–Crippen LogP) is 2.56. The van der Waals surface area contributed by atoms with E-state index in [0.717, 1.165) is 49.3 Å². The van der Waals surface area contributed by atoms with Crippen LogP contribution < -0.4 is 5.32 Å². The van der Waals surface area contributed by atoms with Gasteiger partial charge in [0.2, 0.25) is 0 Å². The average Bonchev–Trinajstić information content (AvgIpc) is 3.08. The summed E-state index contributed by atoms with van der Waals surface area (Å²) < 4.78 is 2.21. The second-order valence-corrected chi connectivity index (χ2v) is 5.95. The molecule has 4 heteroatoms. The van der Waals surface area contributed by atoms with Gasteiger partial charge in [-0.15, -0.1) is 0 Å². The van der Waals surface area contributed by atoms with Gasteiger partial charge in [-0.25, -0.2) is 4.98 Å². The van der Waals surface area contributed by atoms with Gasteiger partial charge >= 0.3 is 0 Å². The summed E-state index contributed by atoms with van der Waals surface area (Å²) in [6.07, 6.45) is 3.32. The van der Waals surface area contributed by atoms with Crippen LogP contribution in [0.15, 0.2) is 24.3 Å². The van der Waals surface area contributed by atoms with Crippen LogP contribution in [0, 0.1) is 5.92 Å². The first-order chi connectivity index (χ1) is 10.3. The monoisotopic (exact) mass is 285 g/mol. The molecule has 1 aliphatic rings. The molecule has 1 unspecified atom stereocenters. The maximum atomic E-state index is 12.3. The number of rotatable bonds is 6. The molecule has 0 spiro atoms. The number of hydrogen-bond donors (Lipinski definition) is 1. The Morgan fingerprint density at radius 2 is 2.29 bits per heavy atom. The third-order valence-corrected chi connectivity index (χ3v) is 4.21. The minimum atomic E-state index is 0.316. The Kier molecular flexibility index (Phi) is 4.34. The van der Waals surface area contributed by atoms with Crippen LogP contribution in [0.1, 0.15) is 32.0 Å². The highest BCUT2D eigenvalue weighted by Gasteiger charge is 2.20. The molecule has 0 saturated carbocycles. The minimum Gasteiger partial charge on any atom is -0.328 e. The number of fused-ring (bicyclic) bond motifs is 1. The van der Waals surface area contributed by atoms with Gasteiger partial charge in [-0.05, 0) is 44.0 Å². The summed E-state index contributed by atoms with van der Waals surface area (Å²) in [7, 11) is 0. The van der Waals surface area contributed by atoms with Crippen molar-refractivity contribution in [2.75, 3.05) is 13.1 Å². The summed E-state index contributed by atoms with van der Waals surface area (Å²) in [5.74, 6) is 1.76. The molecule has 1 fully saturated rings. The zero-order valence-electron chi connectivity index (χ0n) is 12.6. The van der Waals surface area contributed by atoms with Crippen LogP contribution >= 0.6 is 0 Å². The van der Waals surface area contributed by atoms with Gasteiger partial charge in [-0.2, -0.15) is 0 Å². The number of carbonyl (C=O) groups excluding carboxylic acids is 1. The first kappa shape index (κ1) is 14.3. The molecule has 0 bridgehead atoms. The number of aryl methyl sites for hydroxylation is 1. The Morgan fingerprint density at radius 1 is 1.43 bits per heavy atom. The second-order valence-electron chi connectivity index (χ2n) is 5.95. The van der Waals surface area contributed by atoms with E-state index in [2.05, 4.69) is 27.9 Å². The molecule has 1 aliphatic heterocycles. The van der Waals surface area contributed by atoms with Crippen LogP contribution in [0.25, 0.3) is 11.0 Å². The molecule has 2 heterocycles. The van der Waals surface area contributed by atoms with Crippen molar-refractivity contribution in [2.24, 2.45) is 5.92 Å². The summed E-state index contributed by atoms with van der Waals surface area (Å²) in [6, 6.07) is 8.15. The van der Waals surface area contributed by atoms with Gasteiger partial charge in [0.05, 0.1) is 17.5 Å². The topological polar surface area (TPSA) is 46.9 Å². The normalized spacial score (nSPS) is 18.4. The minimum absolute atomic E-state index is 0.316. The first-order valence-corrected chi connectivity index (χ1v) is 7.94. The smallest absolute Gasteiger partial charge is 0.140 e. The lowest BCUT2D eigenvalue weighted by Crippen LogP contribution is -2.16. The van der Waals surface area contributed by atoms with Crippen LogP contribution in [-0.4, -0.2) is 28.4 Å². The molecule has 0 aliphatic carbocycles. The van der Waals surface area contributed by atoms with Crippen LogP contribution in [0.5, 0.6) is 0 Å².